The van der Waals surface area contributed by atoms with Gasteiger partial charge in [-0.15, -0.1) is 5.10 Å². The molecule has 0 aliphatic heterocycles. The van der Waals surface area contributed by atoms with Gasteiger partial charge >= 0.3 is 0 Å². The van der Waals surface area contributed by atoms with E-state index in [0.29, 0.717) is 27.8 Å². The van der Waals surface area contributed by atoms with Crippen molar-refractivity contribution >= 4 is 34.5 Å². The van der Waals surface area contributed by atoms with Crippen LogP contribution in [0.25, 0.3) is 23.2 Å². The molecule has 2 aromatic carbocycles. The first kappa shape index (κ1) is 20.0. The Hall–Kier alpha value is -3.25. The van der Waals surface area contributed by atoms with E-state index < -0.39 is 0 Å². The molecule has 2 heterocycles. The van der Waals surface area contributed by atoms with Gasteiger partial charge in [0.2, 0.25) is 4.96 Å². The van der Waals surface area contributed by atoms with E-state index in [4.69, 9.17) is 4.74 Å². The topological polar surface area (TPSA) is 56.5 Å². The fourth-order valence-electron chi connectivity index (χ4n) is 2.91. The van der Waals surface area contributed by atoms with Crippen LogP contribution in [0.4, 0.5) is 0 Å². The van der Waals surface area contributed by atoms with E-state index in [2.05, 4.69) is 23.9 Å². The third-order valence-corrected chi connectivity index (χ3v) is 5.50. The lowest BCUT2D eigenvalue weighted by Crippen LogP contribution is -2.23. The van der Waals surface area contributed by atoms with Gasteiger partial charge in [-0.2, -0.15) is 9.50 Å². The van der Waals surface area contributed by atoms with E-state index in [1.54, 1.807) is 0 Å². The van der Waals surface area contributed by atoms with Crippen molar-refractivity contribution in [2.24, 2.45) is 5.92 Å². The van der Waals surface area contributed by atoms with Gasteiger partial charge in [-0.1, -0.05) is 73.7 Å². The highest BCUT2D eigenvalue weighted by Gasteiger charge is 2.09. The molecule has 0 fully saturated rings. The number of benzene rings is 2. The highest BCUT2D eigenvalue weighted by molar-refractivity contribution is 7.15. The van der Waals surface area contributed by atoms with Crippen molar-refractivity contribution in [1.82, 2.24) is 14.6 Å². The summed E-state index contributed by atoms with van der Waals surface area (Å²) >= 11 is 1.34. The van der Waals surface area contributed by atoms with Crippen LogP contribution >= 0.6 is 11.3 Å². The molecule has 2 aromatic heterocycles. The predicted molar refractivity (Wildman–Crippen MR) is 123 cm³/mol. The van der Waals surface area contributed by atoms with Gasteiger partial charge in [0.25, 0.3) is 5.56 Å². The van der Waals surface area contributed by atoms with Crippen LogP contribution in [-0.2, 0) is 0 Å². The van der Waals surface area contributed by atoms with Gasteiger partial charge in [0, 0.05) is 0 Å². The number of ether oxygens (including phenoxy) is 1. The molecular formula is C24H23N3O2S. The predicted octanol–water partition coefficient (Wildman–Crippen LogP) is 4.29. The Morgan fingerprint density at radius 2 is 1.87 bits per heavy atom. The van der Waals surface area contributed by atoms with E-state index in [1.807, 2.05) is 72.8 Å². The lowest BCUT2D eigenvalue weighted by atomic mass is 10.1. The number of nitrogens with zero attached hydrogens (tertiary/aromatic N) is 3. The van der Waals surface area contributed by atoms with E-state index in [1.165, 1.54) is 15.9 Å². The summed E-state index contributed by atoms with van der Waals surface area (Å²) in [5.74, 6) is 1.93. The molecule has 5 nitrogen and oxygen atoms in total. The van der Waals surface area contributed by atoms with Crippen LogP contribution in [0, 0.1) is 5.92 Å². The van der Waals surface area contributed by atoms with Crippen molar-refractivity contribution in [2.75, 3.05) is 6.61 Å². The van der Waals surface area contributed by atoms with E-state index in [0.717, 1.165) is 23.3 Å². The van der Waals surface area contributed by atoms with E-state index in [9.17, 15) is 4.79 Å². The summed E-state index contributed by atoms with van der Waals surface area (Å²) in [5, 5.41) is 4.34. The average Bonchev–Trinajstić information content (AvgIpc) is 3.26. The molecule has 0 unspecified atom stereocenters. The molecule has 0 saturated heterocycles. The summed E-state index contributed by atoms with van der Waals surface area (Å²) < 4.78 is 7.78. The Morgan fingerprint density at radius 1 is 1.07 bits per heavy atom. The number of thiazole rings is 1. The van der Waals surface area contributed by atoms with Gasteiger partial charge in [0.15, 0.2) is 5.82 Å². The zero-order valence-electron chi connectivity index (χ0n) is 17.0. The number of rotatable bonds is 7. The molecule has 4 rings (SSSR count). The maximum Gasteiger partial charge on any atom is 0.291 e. The van der Waals surface area contributed by atoms with E-state index in [-0.39, 0.29) is 5.56 Å². The molecule has 0 aliphatic rings. The first-order chi connectivity index (χ1) is 14.6. The van der Waals surface area contributed by atoms with Crippen molar-refractivity contribution in [3.05, 3.63) is 86.4 Å². The fraction of sp³-hybridized carbons (Fsp3) is 0.208. The zero-order valence-corrected chi connectivity index (χ0v) is 17.8. The Kier molecular flexibility index (Phi) is 6.05. The molecule has 0 radical (unpaired) electrons. The highest BCUT2D eigenvalue weighted by Crippen LogP contribution is 2.15. The molecule has 0 saturated carbocycles. The standard InChI is InChI=1S/C24H23N3O2S/c1-17(2)13-14-29-20-10-6-9-19(15-20)16-21-23(28)27-24(30-21)25-22(26-27)12-11-18-7-4-3-5-8-18/h3-12,15-17H,13-14H2,1-2H3. The Morgan fingerprint density at radius 3 is 2.63 bits per heavy atom. The molecule has 0 amide bonds. The summed E-state index contributed by atoms with van der Waals surface area (Å²) in [4.78, 5) is 17.8. The summed E-state index contributed by atoms with van der Waals surface area (Å²) in [6, 6.07) is 17.7. The Balaban J connectivity index is 1.56. The van der Waals surface area contributed by atoms with Gasteiger partial charge in [-0.25, -0.2) is 0 Å². The molecule has 0 N–H and O–H groups in total. The Bertz CT molecular complexity index is 1270. The van der Waals surface area contributed by atoms with Gasteiger partial charge in [-0.05, 0) is 47.8 Å². The minimum absolute atomic E-state index is 0.159. The van der Waals surface area contributed by atoms with Crippen molar-refractivity contribution < 1.29 is 4.74 Å². The average molecular weight is 418 g/mol. The first-order valence-electron chi connectivity index (χ1n) is 9.96. The summed E-state index contributed by atoms with van der Waals surface area (Å²) in [5.41, 5.74) is 1.82. The molecule has 152 valence electrons. The van der Waals surface area contributed by atoms with Crippen molar-refractivity contribution in [1.29, 1.82) is 0 Å². The van der Waals surface area contributed by atoms with Gasteiger partial charge < -0.3 is 4.74 Å². The number of hydrogen-bond donors (Lipinski definition) is 0. The zero-order chi connectivity index (χ0) is 20.9. The van der Waals surface area contributed by atoms with Crippen LogP contribution in [0.1, 0.15) is 37.2 Å². The number of aromatic nitrogens is 3. The van der Waals surface area contributed by atoms with Crippen LogP contribution in [0.2, 0.25) is 0 Å². The van der Waals surface area contributed by atoms with Gasteiger partial charge in [0.1, 0.15) is 5.75 Å². The number of hydrogen-bond acceptors (Lipinski definition) is 5. The molecule has 30 heavy (non-hydrogen) atoms. The van der Waals surface area contributed by atoms with Gasteiger partial charge in [-0.3, -0.25) is 4.79 Å². The summed E-state index contributed by atoms with van der Waals surface area (Å²) in [7, 11) is 0. The van der Waals surface area contributed by atoms with Crippen molar-refractivity contribution in [3.63, 3.8) is 0 Å². The second-order valence-corrected chi connectivity index (χ2v) is 8.44. The summed E-state index contributed by atoms with van der Waals surface area (Å²) in [6.07, 6.45) is 6.61. The molecule has 6 heteroatoms. The van der Waals surface area contributed by atoms with E-state index >= 15 is 0 Å². The lowest BCUT2D eigenvalue weighted by molar-refractivity contribution is 0.289. The molecule has 4 aromatic rings. The quantitative estimate of drug-likeness (QED) is 0.450. The van der Waals surface area contributed by atoms with Crippen LogP contribution in [0.5, 0.6) is 5.75 Å². The largest absolute Gasteiger partial charge is 0.494 e. The maximum absolute atomic E-state index is 12.7. The maximum atomic E-state index is 12.7. The SMILES string of the molecule is CC(C)CCOc1cccc(C=c2sc3nc(C=Cc4ccccc4)nn3c2=O)c1. The molecule has 0 aliphatic carbocycles. The lowest BCUT2D eigenvalue weighted by Gasteiger charge is -2.08. The smallest absolute Gasteiger partial charge is 0.291 e. The summed E-state index contributed by atoms with van der Waals surface area (Å²) in [6.45, 7) is 5.03. The molecule has 0 bridgehead atoms. The fourth-order valence-corrected chi connectivity index (χ4v) is 3.83. The van der Waals surface area contributed by atoms with Crippen LogP contribution in [0.3, 0.4) is 0 Å². The minimum Gasteiger partial charge on any atom is -0.494 e. The van der Waals surface area contributed by atoms with Crippen molar-refractivity contribution in [2.45, 2.75) is 20.3 Å². The van der Waals surface area contributed by atoms with Crippen LogP contribution < -0.4 is 14.8 Å². The van der Waals surface area contributed by atoms with Crippen LogP contribution in [-0.4, -0.2) is 21.2 Å². The first-order valence-corrected chi connectivity index (χ1v) is 10.8. The van der Waals surface area contributed by atoms with Crippen molar-refractivity contribution in [3.8, 4) is 5.75 Å². The minimum atomic E-state index is -0.159. The van der Waals surface area contributed by atoms with Crippen LogP contribution in [0.15, 0.2) is 59.4 Å². The molecule has 0 atom stereocenters. The number of fused-ring (bicyclic) bond motifs is 1. The Labute approximate surface area is 179 Å². The molecule has 0 spiro atoms. The van der Waals surface area contributed by atoms with Gasteiger partial charge in [0.05, 0.1) is 11.1 Å². The monoisotopic (exact) mass is 417 g/mol. The third kappa shape index (κ3) is 4.83. The third-order valence-electron chi connectivity index (χ3n) is 4.54. The normalized spacial score (nSPS) is 12.4. The molecular weight excluding hydrogens is 394 g/mol. The second-order valence-electron chi connectivity index (χ2n) is 7.43. The highest BCUT2D eigenvalue weighted by atomic mass is 32.1. The second kappa shape index (κ2) is 9.05.